The number of amides is 2. The molecule has 2 amide bonds. The fourth-order valence-corrected chi connectivity index (χ4v) is 7.63. The van der Waals surface area contributed by atoms with Crippen molar-refractivity contribution in [2.75, 3.05) is 25.1 Å². The van der Waals surface area contributed by atoms with E-state index in [1.807, 2.05) is 67.6 Å². The molecule has 0 aromatic heterocycles. The summed E-state index contributed by atoms with van der Waals surface area (Å²) in [6, 6.07) is 29.4. The lowest BCUT2D eigenvalue weighted by Gasteiger charge is -2.35. The van der Waals surface area contributed by atoms with Crippen molar-refractivity contribution < 1.29 is 27.5 Å². The number of aryl methyl sites for hydroxylation is 1. The number of carbonyl (C=O) groups excluding carboxylic acids is 2. The van der Waals surface area contributed by atoms with Gasteiger partial charge in [0, 0.05) is 25.1 Å². The smallest absolute Gasteiger partial charge is 0.264 e. The van der Waals surface area contributed by atoms with Gasteiger partial charge >= 0.3 is 0 Å². The van der Waals surface area contributed by atoms with E-state index in [1.165, 1.54) is 37.3 Å². The van der Waals surface area contributed by atoms with Crippen LogP contribution in [0.2, 0.25) is 0 Å². The van der Waals surface area contributed by atoms with Crippen LogP contribution in [0, 0.1) is 6.92 Å². The highest BCUT2D eigenvalue weighted by Crippen LogP contribution is 2.34. The molecule has 10 heteroatoms. The monoisotopic (exact) mass is 683 g/mol. The second-order valence-electron chi connectivity index (χ2n) is 12.4. The molecule has 0 spiro atoms. The summed E-state index contributed by atoms with van der Waals surface area (Å²) in [6.45, 7) is 1.43. The van der Waals surface area contributed by atoms with Gasteiger partial charge in [0.25, 0.3) is 10.0 Å². The minimum absolute atomic E-state index is 0.0263. The first-order valence-electron chi connectivity index (χ1n) is 16.7. The zero-order chi connectivity index (χ0) is 34.8. The van der Waals surface area contributed by atoms with Gasteiger partial charge in [-0.25, -0.2) is 8.42 Å². The van der Waals surface area contributed by atoms with Gasteiger partial charge in [0.1, 0.15) is 12.6 Å². The molecule has 0 unspecified atom stereocenters. The van der Waals surface area contributed by atoms with E-state index in [-0.39, 0.29) is 35.5 Å². The van der Waals surface area contributed by atoms with E-state index >= 15 is 0 Å². The number of carbonyl (C=O) groups is 2. The van der Waals surface area contributed by atoms with Crippen molar-refractivity contribution >= 4 is 27.5 Å². The molecule has 1 aliphatic carbocycles. The van der Waals surface area contributed by atoms with Gasteiger partial charge in [0.2, 0.25) is 11.8 Å². The van der Waals surface area contributed by atoms with Gasteiger partial charge in [-0.1, -0.05) is 97.6 Å². The zero-order valence-electron chi connectivity index (χ0n) is 28.4. The Morgan fingerprint density at radius 3 is 2.02 bits per heavy atom. The summed E-state index contributed by atoms with van der Waals surface area (Å²) in [5.74, 6) is -0.0436. The van der Waals surface area contributed by atoms with Crippen LogP contribution in [0.3, 0.4) is 0 Å². The molecule has 1 saturated carbocycles. The van der Waals surface area contributed by atoms with Crippen molar-refractivity contribution in [3.63, 3.8) is 0 Å². The normalized spacial score (nSPS) is 14.0. The molecule has 0 radical (unpaired) electrons. The van der Waals surface area contributed by atoms with Crippen molar-refractivity contribution in [3.8, 4) is 11.5 Å². The van der Waals surface area contributed by atoms with Crippen LogP contribution >= 0.6 is 0 Å². The van der Waals surface area contributed by atoms with Crippen molar-refractivity contribution in [1.82, 2.24) is 10.2 Å². The first kappa shape index (κ1) is 35.5. The number of methoxy groups -OCH3 is 2. The lowest BCUT2D eigenvalue weighted by molar-refractivity contribution is -0.140. The van der Waals surface area contributed by atoms with Crippen molar-refractivity contribution in [2.24, 2.45) is 0 Å². The van der Waals surface area contributed by atoms with Crippen LogP contribution in [0.15, 0.2) is 108 Å². The lowest BCUT2D eigenvalue weighted by atomic mass is 9.94. The molecule has 0 saturated heterocycles. The van der Waals surface area contributed by atoms with Crippen LogP contribution < -0.4 is 19.1 Å². The van der Waals surface area contributed by atoms with E-state index in [2.05, 4.69) is 5.32 Å². The largest absolute Gasteiger partial charge is 0.493 e. The maximum absolute atomic E-state index is 14.8. The van der Waals surface area contributed by atoms with E-state index < -0.39 is 28.5 Å². The first-order chi connectivity index (χ1) is 23.7. The Kier molecular flexibility index (Phi) is 12.0. The fourth-order valence-electron chi connectivity index (χ4n) is 6.22. The zero-order valence-corrected chi connectivity index (χ0v) is 29.2. The number of nitrogens with one attached hydrogen (secondary N) is 1. The Labute approximate surface area is 289 Å². The Balaban J connectivity index is 1.58. The van der Waals surface area contributed by atoms with Crippen molar-refractivity contribution in [3.05, 3.63) is 120 Å². The molecule has 0 bridgehead atoms. The number of hydrogen-bond acceptors (Lipinski definition) is 6. The molecule has 1 aliphatic rings. The maximum atomic E-state index is 14.8. The van der Waals surface area contributed by atoms with Crippen LogP contribution in [0.25, 0.3) is 0 Å². The summed E-state index contributed by atoms with van der Waals surface area (Å²) in [7, 11) is -1.30. The predicted octanol–water partition coefficient (Wildman–Crippen LogP) is 6.30. The van der Waals surface area contributed by atoms with Crippen LogP contribution in [0.4, 0.5) is 5.69 Å². The summed E-state index contributed by atoms with van der Waals surface area (Å²) >= 11 is 0. The molecule has 4 aromatic carbocycles. The lowest BCUT2D eigenvalue weighted by Crippen LogP contribution is -2.55. The summed E-state index contributed by atoms with van der Waals surface area (Å²) in [6.07, 6.45) is 5.26. The number of benzene rings is 4. The molecule has 5 rings (SSSR count). The van der Waals surface area contributed by atoms with Gasteiger partial charge < -0.3 is 19.7 Å². The SMILES string of the molecule is COc1ccc(N(CC(=O)N(Cc2ccccc2)[C@@H](Cc2ccccc2)C(=O)NC2CCCCC2)S(=O)(=O)c2ccc(C)cc2)cc1OC. The third-order valence-electron chi connectivity index (χ3n) is 8.96. The molecule has 4 aromatic rings. The number of rotatable bonds is 14. The van der Waals surface area contributed by atoms with Crippen molar-refractivity contribution in [2.45, 2.75) is 69.0 Å². The van der Waals surface area contributed by atoms with Gasteiger partial charge in [-0.15, -0.1) is 0 Å². The molecular weight excluding hydrogens is 639 g/mol. The van der Waals surface area contributed by atoms with E-state index in [1.54, 1.807) is 24.3 Å². The minimum Gasteiger partial charge on any atom is -0.493 e. The average molecular weight is 684 g/mol. The number of ether oxygens (including phenoxy) is 2. The number of hydrogen-bond donors (Lipinski definition) is 1. The summed E-state index contributed by atoms with van der Waals surface area (Å²) in [4.78, 5) is 30.6. The molecule has 49 heavy (non-hydrogen) atoms. The molecular formula is C39H45N3O6S. The second-order valence-corrected chi connectivity index (χ2v) is 14.3. The standard InChI is InChI=1S/C39H45N3O6S/c1-29-19-22-34(23-20-29)49(45,46)42(33-21-24-36(47-2)37(26-33)48-3)28-38(43)41(27-31-15-9-5-10-16-31)35(25-30-13-7-4-8-14-30)39(44)40-32-17-11-6-12-18-32/h4-5,7-10,13-16,19-24,26,32,35H,6,11-12,17-18,25,27-28H2,1-3H3,(H,40,44)/t35-/m0/s1. The molecule has 258 valence electrons. The molecule has 0 heterocycles. The van der Waals surface area contributed by atoms with Gasteiger partial charge in [0.15, 0.2) is 11.5 Å². The third-order valence-corrected chi connectivity index (χ3v) is 10.7. The number of nitrogens with zero attached hydrogens (tertiary/aromatic N) is 2. The third kappa shape index (κ3) is 9.00. The van der Waals surface area contributed by atoms with E-state index in [4.69, 9.17) is 9.47 Å². The topological polar surface area (TPSA) is 105 Å². The van der Waals surface area contributed by atoms with Crippen LogP contribution in [-0.4, -0.2) is 58.0 Å². The fraction of sp³-hybridized carbons (Fsp3) is 0.333. The Hall–Kier alpha value is -4.83. The molecule has 1 N–H and O–H groups in total. The van der Waals surface area contributed by atoms with Gasteiger partial charge in [-0.3, -0.25) is 13.9 Å². The Morgan fingerprint density at radius 1 is 0.796 bits per heavy atom. The predicted molar refractivity (Wildman–Crippen MR) is 191 cm³/mol. The first-order valence-corrected chi connectivity index (χ1v) is 18.1. The van der Waals surface area contributed by atoms with E-state index in [0.29, 0.717) is 11.5 Å². The molecule has 0 aliphatic heterocycles. The molecule has 1 atom stereocenters. The van der Waals surface area contributed by atoms with Crippen LogP contribution in [0.1, 0.15) is 48.8 Å². The minimum atomic E-state index is -4.26. The quantitative estimate of drug-likeness (QED) is 0.167. The highest BCUT2D eigenvalue weighted by atomic mass is 32.2. The molecule has 1 fully saturated rings. The summed E-state index contributed by atoms with van der Waals surface area (Å²) in [5, 5.41) is 3.24. The van der Waals surface area contributed by atoms with Crippen molar-refractivity contribution in [1.29, 1.82) is 0 Å². The van der Waals surface area contributed by atoms with E-state index in [9.17, 15) is 18.0 Å². The van der Waals surface area contributed by atoms with Gasteiger partial charge in [0.05, 0.1) is 24.8 Å². The summed E-state index contributed by atoms with van der Waals surface area (Å²) < 4.78 is 40.7. The average Bonchev–Trinajstić information content (AvgIpc) is 3.13. The van der Waals surface area contributed by atoms with Gasteiger partial charge in [-0.05, 0) is 55.2 Å². The molecule has 9 nitrogen and oxygen atoms in total. The second kappa shape index (κ2) is 16.5. The van der Waals surface area contributed by atoms with Gasteiger partial charge in [-0.2, -0.15) is 0 Å². The summed E-state index contributed by atoms with van der Waals surface area (Å²) in [5.41, 5.74) is 2.83. The van der Waals surface area contributed by atoms with Crippen LogP contribution in [0.5, 0.6) is 11.5 Å². The number of sulfonamides is 1. The van der Waals surface area contributed by atoms with E-state index in [0.717, 1.165) is 53.1 Å². The van der Waals surface area contributed by atoms with Crippen LogP contribution in [-0.2, 0) is 32.6 Å². The highest BCUT2D eigenvalue weighted by molar-refractivity contribution is 7.92. The Morgan fingerprint density at radius 2 is 1.41 bits per heavy atom. The Bertz CT molecular complexity index is 1790. The highest BCUT2D eigenvalue weighted by Gasteiger charge is 2.35. The maximum Gasteiger partial charge on any atom is 0.264 e. The number of anilines is 1.